The number of rotatable bonds is 4. The first-order valence-electron chi connectivity index (χ1n) is 11.6. The molecule has 1 unspecified atom stereocenters. The van der Waals surface area contributed by atoms with Gasteiger partial charge in [0.05, 0.1) is 12.3 Å². The number of aryl methyl sites for hydroxylation is 1. The molecular weight excluding hydrogens is 466 g/mol. The molecule has 3 heterocycles. The molecule has 0 bridgehead atoms. The molecule has 0 spiro atoms. The van der Waals surface area contributed by atoms with E-state index in [9.17, 15) is 18.0 Å². The molecule has 10 heteroatoms. The number of fused-ring (bicyclic) bond motifs is 3. The number of nitrogens with one attached hydrogen (secondary N) is 1. The van der Waals surface area contributed by atoms with Gasteiger partial charge in [0.2, 0.25) is 0 Å². The number of carbonyl (C=O) groups excluding carboxylic acids is 1. The van der Waals surface area contributed by atoms with Crippen molar-refractivity contribution >= 4 is 16.9 Å². The molecule has 1 fully saturated rings. The number of amides is 1. The first-order chi connectivity index (χ1) is 16.7. The van der Waals surface area contributed by atoms with Crippen LogP contribution in [0.2, 0.25) is 0 Å². The van der Waals surface area contributed by atoms with E-state index in [1.54, 1.807) is 12.0 Å². The Morgan fingerprint density at radius 1 is 1.14 bits per heavy atom. The SMILES string of the molecule is COC1CCc2[nH]c3ncc(F)c(C4CCN(C(=O)c5ccc(OC(F)(F)F)cc5)CC4)c3c2C1. The summed E-state index contributed by atoms with van der Waals surface area (Å²) in [6, 6.07) is 4.89. The van der Waals surface area contributed by atoms with Gasteiger partial charge in [-0.1, -0.05) is 0 Å². The molecule has 186 valence electrons. The van der Waals surface area contributed by atoms with Crippen LogP contribution in [0.4, 0.5) is 17.6 Å². The van der Waals surface area contributed by atoms with Gasteiger partial charge in [0.15, 0.2) is 0 Å². The van der Waals surface area contributed by atoms with E-state index in [0.717, 1.165) is 41.6 Å². The molecule has 0 radical (unpaired) electrons. The number of methoxy groups -OCH3 is 1. The van der Waals surface area contributed by atoms with E-state index in [-0.39, 0.29) is 35.1 Å². The Kier molecular flexibility index (Phi) is 6.16. The quantitative estimate of drug-likeness (QED) is 0.515. The molecule has 1 N–H and O–H groups in total. The molecule has 5 rings (SSSR count). The fourth-order valence-electron chi connectivity index (χ4n) is 5.30. The fraction of sp³-hybridized carbons (Fsp3) is 0.440. The number of nitrogens with zero attached hydrogens (tertiary/aromatic N) is 2. The number of likely N-dealkylation sites (tertiary alicyclic amines) is 1. The molecule has 3 aromatic rings. The van der Waals surface area contributed by atoms with Crippen molar-refractivity contribution in [2.24, 2.45) is 0 Å². The molecule has 35 heavy (non-hydrogen) atoms. The topological polar surface area (TPSA) is 67.5 Å². The summed E-state index contributed by atoms with van der Waals surface area (Å²) in [5.74, 6) is -1.07. The highest BCUT2D eigenvalue weighted by Crippen LogP contribution is 2.39. The normalized spacial score (nSPS) is 19.1. The van der Waals surface area contributed by atoms with Gasteiger partial charge in [-0.05, 0) is 61.4 Å². The van der Waals surface area contributed by atoms with E-state index in [0.29, 0.717) is 43.6 Å². The van der Waals surface area contributed by atoms with E-state index >= 15 is 4.39 Å². The number of pyridine rings is 1. The molecule has 1 aromatic carbocycles. The standard InChI is InChI=1S/C25H25F4N3O3/c1-34-17-6-7-20-18(12-17)22-21(19(26)13-30-23(22)31-20)14-8-10-32(11-9-14)24(33)15-2-4-16(5-3-15)35-25(27,28)29/h2-5,13-14,17H,6-12H2,1H3,(H,30,31). The first-order valence-corrected chi connectivity index (χ1v) is 11.6. The molecular formula is C25H25F4N3O3. The highest BCUT2D eigenvalue weighted by Gasteiger charge is 2.33. The Balaban J connectivity index is 1.33. The zero-order valence-electron chi connectivity index (χ0n) is 19.1. The van der Waals surface area contributed by atoms with Gasteiger partial charge in [-0.15, -0.1) is 13.2 Å². The molecule has 1 saturated heterocycles. The van der Waals surface area contributed by atoms with Gasteiger partial charge in [-0.3, -0.25) is 4.79 Å². The summed E-state index contributed by atoms with van der Waals surface area (Å²) in [6.07, 6.45) is 0.137. The van der Waals surface area contributed by atoms with Gasteiger partial charge in [0.1, 0.15) is 17.2 Å². The van der Waals surface area contributed by atoms with E-state index in [1.807, 2.05) is 0 Å². The van der Waals surface area contributed by atoms with Crippen LogP contribution in [0.3, 0.4) is 0 Å². The summed E-state index contributed by atoms with van der Waals surface area (Å²) < 4.78 is 61.7. The lowest BCUT2D eigenvalue weighted by atomic mass is 9.84. The zero-order valence-corrected chi connectivity index (χ0v) is 19.1. The van der Waals surface area contributed by atoms with E-state index in [2.05, 4.69) is 14.7 Å². The van der Waals surface area contributed by atoms with Crippen molar-refractivity contribution in [2.75, 3.05) is 20.2 Å². The van der Waals surface area contributed by atoms with Crippen LogP contribution >= 0.6 is 0 Å². The van der Waals surface area contributed by atoms with E-state index in [4.69, 9.17) is 4.74 Å². The number of aromatic amines is 1. The van der Waals surface area contributed by atoms with Crippen LogP contribution in [0.15, 0.2) is 30.5 Å². The van der Waals surface area contributed by atoms with Crippen molar-refractivity contribution in [2.45, 2.75) is 50.5 Å². The van der Waals surface area contributed by atoms with Gasteiger partial charge < -0.3 is 19.4 Å². The number of H-pyrrole nitrogens is 1. The molecule has 1 amide bonds. The number of piperidine rings is 1. The van der Waals surface area contributed by atoms with Crippen LogP contribution in [0.5, 0.6) is 5.75 Å². The van der Waals surface area contributed by atoms with Crippen LogP contribution in [0.1, 0.15) is 52.4 Å². The van der Waals surface area contributed by atoms with Crippen molar-refractivity contribution in [3.63, 3.8) is 0 Å². The van der Waals surface area contributed by atoms with Gasteiger partial charge in [-0.2, -0.15) is 0 Å². The predicted molar refractivity (Wildman–Crippen MR) is 120 cm³/mol. The minimum Gasteiger partial charge on any atom is -0.406 e. The number of ether oxygens (including phenoxy) is 2. The lowest BCUT2D eigenvalue weighted by Crippen LogP contribution is -2.38. The van der Waals surface area contributed by atoms with Crippen LogP contribution < -0.4 is 4.74 Å². The van der Waals surface area contributed by atoms with Gasteiger partial charge in [0, 0.05) is 48.8 Å². The number of carbonyl (C=O) groups is 1. The van der Waals surface area contributed by atoms with Crippen molar-refractivity contribution in [3.8, 4) is 5.75 Å². The number of halogens is 4. The number of alkyl halides is 3. The molecule has 1 aliphatic carbocycles. The summed E-state index contributed by atoms with van der Waals surface area (Å²) in [5, 5.41) is 0.840. The van der Waals surface area contributed by atoms with Gasteiger partial charge >= 0.3 is 6.36 Å². The fourth-order valence-corrected chi connectivity index (χ4v) is 5.30. The molecule has 2 aromatic heterocycles. The Morgan fingerprint density at radius 3 is 2.51 bits per heavy atom. The Hall–Kier alpha value is -3.14. The third-order valence-corrected chi connectivity index (χ3v) is 7.01. The summed E-state index contributed by atoms with van der Waals surface area (Å²) in [7, 11) is 1.69. The van der Waals surface area contributed by atoms with Crippen molar-refractivity contribution in [1.29, 1.82) is 0 Å². The first kappa shape index (κ1) is 23.6. The lowest BCUT2D eigenvalue weighted by molar-refractivity contribution is -0.274. The number of aromatic nitrogens is 2. The van der Waals surface area contributed by atoms with Gasteiger partial charge in [0.25, 0.3) is 5.91 Å². The predicted octanol–water partition coefficient (Wildman–Crippen LogP) is 5.12. The lowest BCUT2D eigenvalue weighted by Gasteiger charge is -2.33. The summed E-state index contributed by atoms with van der Waals surface area (Å²) in [4.78, 5) is 22.2. The summed E-state index contributed by atoms with van der Waals surface area (Å²) >= 11 is 0. The molecule has 0 saturated carbocycles. The molecule has 1 aliphatic heterocycles. The van der Waals surface area contributed by atoms with E-state index < -0.39 is 6.36 Å². The average Bonchev–Trinajstić information content (AvgIpc) is 3.21. The van der Waals surface area contributed by atoms with Crippen LogP contribution in [-0.4, -0.2) is 53.4 Å². The average molecular weight is 491 g/mol. The maximum absolute atomic E-state index is 15.1. The minimum absolute atomic E-state index is 0.0741. The van der Waals surface area contributed by atoms with Crippen molar-refractivity contribution < 1.29 is 31.8 Å². The maximum atomic E-state index is 15.1. The molecule has 6 nitrogen and oxygen atoms in total. The second-order valence-electron chi connectivity index (χ2n) is 9.06. The van der Waals surface area contributed by atoms with E-state index in [1.165, 1.54) is 18.3 Å². The maximum Gasteiger partial charge on any atom is 0.573 e. The van der Waals surface area contributed by atoms with Crippen LogP contribution in [-0.2, 0) is 17.6 Å². The Morgan fingerprint density at radius 2 is 1.86 bits per heavy atom. The summed E-state index contributed by atoms with van der Waals surface area (Å²) in [6.45, 7) is 0.835. The van der Waals surface area contributed by atoms with Gasteiger partial charge in [-0.25, -0.2) is 9.37 Å². The second kappa shape index (κ2) is 9.14. The zero-order chi connectivity index (χ0) is 24.7. The number of benzene rings is 1. The monoisotopic (exact) mass is 491 g/mol. The minimum atomic E-state index is -4.79. The van der Waals surface area contributed by atoms with Crippen LogP contribution in [0, 0.1) is 5.82 Å². The third kappa shape index (κ3) is 4.71. The molecule has 2 aliphatic rings. The number of hydrogen-bond acceptors (Lipinski definition) is 4. The smallest absolute Gasteiger partial charge is 0.406 e. The molecule has 1 atom stereocenters. The highest BCUT2D eigenvalue weighted by molar-refractivity contribution is 5.94. The third-order valence-electron chi connectivity index (χ3n) is 7.01. The van der Waals surface area contributed by atoms with Crippen molar-refractivity contribution in [3.05, 3.63) is 58.7 Å². The summed E-state index contributed by atoms with van der Waals surface area (Å²) in [5.41, 5.74) is 3.76. The highest BCUT2D eigenvalue weighted by atomic mass is 19.4. The largest absolute Gasteiger partial charge is 0.573 e. The second-order valence-corrected chi connectivity index (χ2v) is 9.06. The van der Waals surface area contributed by atoms with Crippen molar-refractivity contribution in [1.82, 2.24) is 14.9 Å². The Labute approximate surface area is 199 Å². The van der Waals surface area contributed by atoms with Crippen LogP contribution in [0.25, 0.3) is 11.0 Å². The Bertz CT molecular complexity index is 1230. The number of hydrogen-bond donors (Lipinski definition) is 1.